The van der Waals surface area contributed by atoms with E-state index in [1.54, 1.807) is 7.05 Å². The van der Waals surface area contributed by atoms with Gasteiger partial charge in [-0.2, -0.15) is 15.0 Å². The average molecular weight is 294 g/mol. The van der Waals surface area contributed by atoms with Gasteiger partial charge in [0.2, 0.25) is 11.9 Å². The lowest BCUT2D eigenvalue weighted by molar-refractivity contribution is 0.246. The number of hydrogen-bond donors (Lipinski definition) is 1. The second-order valence-electron chi connectivity index (χ2n) is 5.51. The molecule has 2 heterocycles. The Morgan fingerprint density at radius 3 is 2.86 bits per heavy atom. The van der Waals surface area contributed by atoms with Crippen molar-refractivity contribution in [2.24, 2.45) is 0 Å². The van der Waals surface area contributed by atoms with Crippen molar-refractivity contribution in [2.45, 2.75) is 32.2 Å². The topological polar surface area (TPSA) is 66.4 Å². The average Bonchev–Trinajstić information content (AvgIpc) is 2.51. The summed E-state index contributed by atoms with van der Waals surface area (Å²) >= 11 is 0. The quantitative estimate of drug-likeness (QED) is 0.846. The Balaban J connectivity index is 2.16. The van der Waals surface area contributed by atoms with Crippen molar-refractivity contribution in [2.75, 3.05) is 51.1 Å². The van der Waals surface area contributed by atoms with Gasteiger partial charge >= 0.3 is 6.01 Å². The van der Waals surface area contributed by atoms with Gasteiger partial charge in [0.25, 0.3) is 0 Å². The maximum Gasteiger partial charge on any atom is 0.323 e. The fourth-order valence-corrected chi connectivity index (χ4v) is 2.49. The molecule has 0 spiro atoms. The Hall–Kier alpha value is -1.63. The van der Waals surface area contributed by atoms with E-state index < -0.39 is 0 Å². The van der Waals surface area contributed by atoms with Gasteiger partial charge in [-0.1, -0.05) is 6.92 Å². The first kappa shape index (κ1) is 15.8. The van der Waals surface area contributed by atoms with Gasteiger partial charge in [0, 0.05) is 26.7 Å². The molecular weight excluding hydrogens is 268 g/mol. The smallest absolute Gasteiger partial charge is 0.323 e. The van der Waals surface area contributed by atoms with Gasteiger partial charge in [-0.3, -0.25) is 0 Å². The molecule has 7 nitrogen and oxygen atoms in total. The van der Waals surface area contributed by atoms with Crippen LogP contribution < -0.4 is 15.0 Å². The van der Waals surface area contributed by atoms with Crippen molar-refractivity contribution in [1.29, 1.82) is 0 Å². The summed E-state index contributed by atoms with van der Waals surface area (Å²) in [6, 6.07) is 0.817. The van der Waals surface area contributed by atoms with Crippen molar-refractivity contribution in [3.8, 4) is 6.01 Å². The van der Waals surface area contributed by atoms with E-state index in [1.807, 2.05) is 7.05 Å². The first-order chi connectivity index (χ1) is 10.1. The summed E-state index contributed by atoms with van der Waals surface area (Å²) in [6.07, 6.45) is 3.29. The minimum Gasteiger partial charge on any atom is -0.463 e. The molecule has 1 fully saturated rings. The van der Waals surface area contributed by atoms with Crippen LogP contribution in [0.3, 0.4) is 0 Å². The molecule has 1 atom stereocenters. The molecule has 0 saturated carbocycles. The second kappa shape index (κ2) is 7.40. The van der Waals surface area contributed by atoms with Crippen LogP contribution in [0.25, 0.3) is 0 Å². The first-order valence-corrected chi connectivity index (χ1v) is 7.62. The van der Waals surface area contributed by atoms with Crippen molar-refractivity contribution in [3.63, 3.8) is 0 Å². The van der Waals surface area contributed by atoms with Crippen molar-refractivity contribution >= 4 is 11.9 Å². The van der Waals surface area contributed by atoms with Crippen LogP contribution >= 0.6 is 0 Å². The van der Waals surface area contributed by atoms with Crippen LogP contribution in [0, 0.1) is 0 Å². The number of rotatable bonds is 6. The highest BCUT2D eigenvalue weighted by atomic mass is 16.5. The predicted octanol–water partition coefficient (Wildman–Crippen LogP) is 1.23. The fourth-order valence-electron chi connectivity index (χ4n) is 2.49. The molecule has 0 aromatic carbocycles. The highest BCUT2D eigenvalue weighted by Gasteiger charge is 2.23. The molecule has 0 aliphatic carbocycles. The van der Waals surface area contributed by atoms with E-state index >= 15 is 0 Å². The maximum absolute atomic E-state index is 5.56. The molecule has 2 rings (SSSR count). The van der Waals surface area contributed by atoms with Gasteiger partial charge in [-0.05, 0) is 32.9 Å². The third-order valence-corrected chi connectivity index (χ3v) is 3.72. The summed E-state index contributed by atoms with van der Waals surface area (Å²) in [7, 11) is 6.00. The molecule has 0 radical (unpaired) electrons. The summed E-state index contributed by atoms with van der Waals surface area (Å²) in [4.78, 5) is 17.6. The van der Waals surface area contributed by atoms with Gasteiger partial charge in [0.1, 0.15) is 0 Å². The van der Waals surface area contributed by atoms with Crippen LogP contribution in [0.1, 0.15) is 26.2 Å². The lowest BCUT2D eigenvalue weighted by Gasteiger charge is -2.35. The number of ether oxygens (including phenoxy) is 1. The Morgan fingerprint density at radius 1 is 1.38 bits per heavy atom. The Kier molecular flexibility index (Phi) is 5.55. The number of nitrogens with one attached hydrogen (secondary N) is 1. The number of likely N-dealkylation sites (N-methyl/N-ethyl adjacent to an activating group) is 2. The third-order valence-electron chi connectivity index (χ3n) is 3.72. The molecule has 1 aliphatic rings. The molecule has 0 bridgehead atoms. The van der Waals surface area contributed by atoms with Gasteiger partial charge in [0.05, 0.1) is 6.61 Å². The van der Waals surface area contributed by atoms with Crippen molar-refractivity contribution in [1.82, 2.24) is 19.9 Å². The molecule has 1 aliphatic heterocycles. The van der Waals surface area contributed by atoms with E-state index in [2.05, 4.69) is 44.0 Å². The van der Waals surface area contributed by atoms with Crippen LogP contribution in [0.5, 0.6) is 6.01 Å². The zero-order valence-corrected chi connectivity index (χ0v) is 13.5. The lowest BCUT2D eigenvalue weighted by atomic mass is 10.1. The minimum atomic E-state index is 0.391. The Bertz CT molecular complexity index is 455. The predicted molar refractivity (Wildman–Crippen MR) is 84.1 cm³/mol. The number of anilines is 2. The summed E-state index contributed by atoms with van der Waals surface area (Å²) in [6.45, 7) is 4.87. The maximum atomic E-state index is 5.56. The molecule has 118 valence electrons. The van der Waals surface area contributed by atoms with Crippen LogP contribution in [0.15, 0.2) is 0 Å². The SMILES string of the molecule is CCCOc1nc(NC)nc(N(C)C2CCCN(C)C2)n1. The number of aromatic nitrogens is 3. The van der Waals surface area contributed by atoms with Crippen molar-refractivity contribution in [3.05, 3.63) is 0 Å². The number of nitrogens with zero attached hydrogens (tertiary/aromatic N) is 5. The first-order valence-electron chi connectivity index (χ1n) is 7.62. The normalized spacial score (nSPS) is 19.3. The highest BCUT2D eigenvalue weighted by Crippen LogP contribution is 2.20. The summed E-state index contributed by atoms with van der Waals surface area (Å²) in [5, 5.41) is 2.97. The minimum absolute atomic E-state index is 0.391. The molecule has 1 aromatic heterocycles. The van der Waals surface area contributed by atoms with Gasteiger partial charge in [-0.25, -0.2) is 0 Å². The molecule has 0 amide bonds. The van der Waals surface area contributed by atoms with Crippen LogP contribution in [0.2, 0.25) is 0 Å². The third kappa shape index (κ3) is 4.17. The van der Waals surface area contributed by atoms with Crippen LogP contribution in [-0.4, -0.2) is 66.7 Å². The monoisotopic (exact) mass is 294 g/mol. The standard InChI is InChI=1S/C14H26N6O/c1-5-9-21-14-17-12(15-2)16-13(18-14)20(4)11-7-6-8-19(3)10-11/h11H,5-10H2,1-4H3,(H,15,16,17,18). The molecule has 1 N–H and O–H groups in total. The van der Waals surface area contributed by atoms with E-state index in [-0.39, 0.29) is 0 Å². The zero-order chi connectivity index (χ0) is 15.2. The largest absolute Gasteiger partial charge is 0.463 e. The van der Waals surface area contributed by atoms with Crippen molar-refractivity contribution < 1.29 is 4.74 Å². The molecule has 1 saturated heterocycles. The van der Waals surface area contributed by atoms with E-state index in [0.29, 0.717) is 30.6 Å². The van der Waals surface area contributed by atoms with E-state index in [1.165, 1.54) is 6.42 Å². The van der Waals surface area contributed by atoms with Crippen LogP contribution in [0.4, 0.5) is 11.9 Å². The lowest BCUT2D eigenvalue weighted by Crippen LogP contribution is -2.45. The Morgan fingerprint density at radius 2 is 2.19 bits per heavy atom. The highest BCUT2D eigenvalue weighted by molar-refractivity contribution is 5.38. The van der Waals surface area contributed by atoms with Crippen LogP contribution in [-0.2, 0) is 0 Å². The van der Waals surface area contributed by atoms with Gasteiger partial charge in [-0.15, -0.1) is 0 Å². The number of hydrogen-bond acceptors (Lipinski definition) is 7. The molecule has 1 aromatic rings. The Labute approximate surface area is 126 Å². The number of likely N-dealkylation sites (tertiary alicyclic amines) is 1. The fraction of sp³-hybridized carbons (Fsp3) is 0.786. The molecule has 7 heteroatoms. The van der Waals surface area contributed by atoms with E-state index in [9.17, 15) is 0 Å². The zero-order valence-electron chi connectivity index (χ0n) is 13.5. The van der Waals surface area contributed by atoms with E-state index in [4.69, 9.17) is 4.74 Å². The molecular formula is C14H26N6O. The van der Waals surface area contributed by atoms with E-state index in [0.717, 1.165) is 25.9 Å². The number of piperidine rings is 1. The summed E-state index contributed by atoms with van der Waals surface area (Å²) < 4.78 is 5.56. The molecule has 1 unspecified atom stereocenters. The summed E-state index contributed by atoms with van der Waals surface area (Å²) in [5.74, 6) is 1.21. The molecule has 21 heavy (non-hydrogen) atoms. The summed E-state index contributed by atoms with van der Waals surface area (Å²) in [5.41, 5.74) is 0. The van der Waals surface area contributed by atoms with Gasteiger partial charge < -0.3 is 19.9 Å². The second-order valence-corrected chi connectivity index (χ2v) is 5.51. The van der Waals surface area contributed by atoms with Gasteiger partial charge in [0.15, 0.2) is 0 Å².